The molecule has 1 atom stereocenters. The van der Waals surface area contributed by atoms with Gasteiger partial charge in [0.25, 0.3) is 0 Å². The van der Waals surface area contributed by atoms with Crippen LogP contribution in [0.2, 0.25) is 0 Å². The van der Waals surface area contributed by atoms with Crippen molar-refractivity contribution in [3.63, 3.8) is 0 Å². The van der Waals surface area contributed by atoms with Crippen molar-refractivity contribution >= 4 is 11.9 Å². The van der Waals surface area contributed by atoms with Crippen LogP contribution < -0.4 is 14.8 Å². The molecule has 0 saturated carbocycles. The van der Waals surface area contributed by atoms with E-state index in [9.17, 15) is 9.59 Å². The van der Waals surface area contributed by atoms with Crippen molar-refractivity contribution in [2.24, 2.45) is 5.92 Å². The first-order valence-electron chi connectivity index (χ1n) is 8.26. The van der Waals surface area contributed by atoms with Gasteiger partial charge in [-0.2, -0.15) is 0 Å². The van der Waals surface area contributed by atoms with Crippen LogP contribution in [0.25, 0.3) is 0 Å². The van der Waals surface area contributed by atoms with E-state index >= 15 is 0 Å². The lowest BCUT2D eigenvalue weighted by atomic mass is 9.96. The van der Waals surface area contributed by atoms with Gasteiger partial charge in [0.1, 0.15) is 17.6 Å². The molecule has 0 saturated heterocycles. The Hall–Kier alpha value is -2.50. The number of methoxy groups -OCH3 is 2. The van der Waals surface area contributed by atoms with Gasteiger partial charge in [0.15, 0.2) is 0 Å². The minimum Gasteiger partial charge on any atom is -0.497 e. The van der Waals surface area contributed by atoms with Gasteiger partial charge in [-0.3, -0.25) is 4.79 Å². The molecule has 1 aliphatic rings. The number of benzene rings is 1. The molecular formula is C19H25NO5. The summed E-state index contributed by atoms with van der Waals surface area (Å²) in [5.74, 6) is 0.920. The molecule has 6 heteroatoms. The lowest BCUT2D eigenvalue weighted by Gasteiger charge is -2.14. The molecule has 1 amide bonds. The van der Waals surface area contributed by atoms with Crippen LogP contribution in [-0.4, -0.2) is 32.2 Å². The van der Waals surface area contributed by atoms with Gasteiger partial charge in [-0.1, -0.05) is 13.8 Å². The van der Waals surface area contributed by atoms with E-state index in [0.717, 1.165) is 11.1 Å². The lowest BCUT2D eigenvalue weighted by Crippen LogP contribution is -2.28. The molecule has 0 bridgehead atoms. The highest BCUT2D eigenvalue weighted by molar-refractivity contribution is 5.93. The highest BCUT2D eigenvalue weighted by atomic mass is 16.5. The highest BCUT2D eigenvalue weighted by Gasteiger charge is 2.33. The molecule has 1 heterocycles. The number of ether oxygens (including phenoxy) is 3. The number of nitrogens with one attached hydrogen (secondary N) is 1. The van der Waals surface area contributed by atoms with E-state index in [2.05, 4.69) is 5.32 Å². The topological polar surface area (TPSA) is 73.9 Å². The number of esters is 1. The first kappa shape index (κ1) is 18.8. The number of rotatable bonds is 7. The van der Waals surface area contributed by atoms with E-state index < -0.39 is 6.10 Å². The monoisotopic (exact) mass is 347 g/mol. The third kappa shape index (κ3) is 4.32. The summed E-state index contributed by atoms with van der Waals surface area (Å²) in [5.41, 5.74) is 2.36. The highest BCUT2D eigenvalue weighted by Crippen LogP contribution is 2.29. The molecule has 0 radical (unpaired) electrons. The number of carbonyl (C=O) groups excluding carboxylic acids is 2. The molecule has 1 N–H and O–H groups in total. The minimum absolute atomic E-state index is 0.0871. The van der Waals surface area contributed by atoms with Crippen LogP contribution >= 0.6 is 0 Å². The Morgan fingerprint density at radius 1 is 1.28 bits per heavy atom. The van der Waals surface area contributed by atoms with Gasteiger partial charge in [-0.15, -0.1) is 0 Å². The van der Waals surface area contributed by atoms with Crippen LogP contribution in [0.1, 0.15) is 32.8 Å². The van der Waals surface area contributed by atoms with Crippen LogP contribution in [-0.2, 0) is 20.9 Å². The predicted octanol–water partition coefficient (Wildman–Crippen LogP) is 2.61. The fraction of sp³-hybridized carbons (Fsp3) is 0.474. The average Bonchev–Trinajstić information content (AvgIpc) is 2.86. The summed E-state index contributed by atoms with van der Waals surface area (Å²) in [5, 5.41) is 2.84. The van der Waals surface area contributed by atoms with Gasteiger partial charge in [0.05, 0.1) is 20.6 Å². The van der Waals surface area contributed by atoms with Gasteiger partial charge >= 0.3 is 5.97 Å². The molecule has 6 nitrogen and oxygen atoms in total. The number of amides is 1. The molecule has 0 spiro atoms. The number of carbonyl (C=O) groups is 2. The summed E-state index contributed by atoms with van der Waals surface area (Å²) in [6.45, 7) is 6.06. The van der Waals surface area contributed by atoms with Crippen LogP contribution in [0.3, 0.4) is 0 Å². The molecule has 0 aromatic heterocycles. The van der Waals surface area contributed by atoms with Crippen molar-refractivity contribution in [3.8, 4) is 11.5 Å². The summed E-state index contributed by atoms with van der Waals surface area (Å²) in [4.78, 5) is 24.1. The fourth-order valence-corrected chi connectivity index (χ4v) is 2.93. The van der Waals surface area contributed by atoms with E-state index in [1.165, 1.54) is 0 Å². The Labute approximate surface area is 148 Å². The van der Waals surface area contributed by atoms with Gasteiger partial charge in [0.2, 0.25) is 5.91 Å². The molecule has 0 fully saturated rings. The molecular weight excluding hydrogens is 322 g/mol. The number of cyclic esters (lactones) is 1. The molecule has 1 aromatic rings. The maximum atomic E-state index is 12.2. The second-order valence-electron chi connectivity index (χ2n) is 6.30. The molecule has 1 aromatic carbocycles. The van der Waals surface area contributed by atoms with Crippen LogP contribution in [0, 0.1) is 5.92 Å². The number of hydrogen-bond acceptors (Lipinski definition) is 5. The Morgan fingerprint density at radius 2 is 2.00 bits per heavy atom. The summed E-state index contributed by atoms with van der Waals surface area (Å²) >= 11 is 0. The normalized spacial score (nSPS) is 16.9. The predicted molar refractivity (Wildman–Crippen MR) is 93.4 cm³/mol. The van der Waals surface area contributed by atoms with Crippen molar-refractivity contribution in [1.82, 2.24) is 5.32 Å². The van der Waals surface area contributed by atoms with Crippen molar-refractivity contribution in [3.05, 3.63) is 34.9 Å². The molecule has 25 heavy (non-hydrogen) atoms. The maximum Gasteiger partial charge on any atom is 0.334 e. The van der Waals surface area contributed by atoms with Crippen LogP contribution in [0.15, 0.2) is 29.3 Å². The zero-order valence-electron chi connectivity index (χ0n) is 15.3. The Kier molecular flexibility index (Phi) is 6.07. The van der Waals surface area contributed by atoms with Crippen LogP contribution in [0.5, 0.6) is 11.5 Å². The van der Waals surface area contributed by atoms with Crippen LogP contribution in [0.4, 0.5) is 0 Å². The molecule has 0 aliphatic carbocycles. The Balaban J connectivity index is 1.97. The fourth-order valence-electron chi connectivity index (χ4n) is 2.93. The van der Waals surface area contributed by atoms with E-state index in [4.69, 9.17) is 14.2 Å². The third-order valence-electron chi connectivity index (χ3n) is 4.30. The first-order chi connectivity index (χ1) is 11.9. The summed E-state index contributed by atoms with van der Waals surface area (Å²) < 4.78 is 15.8. The van der Waals surface area contributed by atoms with Gasteiger partial charge in [0, 0.05) is 23.7 Å². The third-order valence-corrected chi connectivity index (χ3v) is 4.30. The summed E-state index contributed by atoms with van der Waals surface area (Å²) in [6.07, 6.45) is -0.366. The van der Waals surface area contributed by atoms with Crippen molar-refractivity contribution in [2.45, 2.75) is 39.8 Å². The van der Waals surface area contributed by atoms with Crippen molar-refractivity contribution < 1.29 is 23.8 Å². The van der Waals surface area contributed by atoms with E-state index in [1.54, 1.807) is 20.3 Å². The van der Waals surface area contributed by atoms with Gasteiger partial charge < -0.3 is 19.5 Å². The molecule has 2 rings (SSSR count). The SMILES string of the molecule is COc1ccc(CNC(=O)CC2OC(=O)C(C(C)C)=C2C)c(OC)c1. The zero-order valence-corrected chi connectivity index (χ0v) is 15.3. The minimum atomic E-state index is -0.484. The lowest BCUT2D eigenvalue weighted by molar-refractivity contribution is -0.141. The second-order valence-corrected chi connectivity index (χ2v) is 6.30. The smallest absolute Gasteiger partial charge is 0.334 e. The largest absolute Gasteiger partial charge is 0.497 e. The van der Waals surface area contributed by atoms with E-state index in [-0.39, 0.29) is 24.2 Å². The molecule has 1 aliphatic heterocycles. The summed E-state index contributed by atoms with van der Waals surface area (Å²) in [7, 11) is 3.15. The van der Waals surface area contributed by atoms with Gasteiger partial charge in [-0.05, 0) is 30.5 Å². The zero-order chi connectivity index (χ0) is 18.6. The van der Waals surface area contributed by atoms with E-state index in [0.29, 0.717) is 23.6 Å². The second kappa shape index (κ2) is 8.05. The molecule has 136 valence electrons. The standard InChI is InChI=1S/C19H25NO5/c1-11(2)18-12(3)15(25-19(18)22)9-17(21)20-10-13-6-7-14(23-4)8-16(13)24-5/h6-8,11,15H,9-10H2,1-5H3,(H,20,21). The van der Waals surface area contributed by atoms with Crippen molar-refractivity contribution in [1.29, 1.82) is 0 Å². The summed E-state index contributed by atoms with van der Waals surface area (Å²) in [6, 6.07) is 5.42. The van der Waals surface area contributed by atoms with Gasteiger partial charge in [-0.25, -0.2) is 4.79 Å². The maximum absolute atomic E-state index is 12.2. The average molecular weight is 347 g/mol. The quantitative estimate of drug-likeness (QED) is 0.768. The Morgan fingerprint density at radius 3 is 2.56 bits per heavy atom. The number of hydrogen-bond donors (Lipinski definition) is 1. The van der Waals surface area contributed by atoms with E-state index in [1.807, 2.05) is 32.9 Å². The Bertz CT molecular complexity index is 693. The first-order valence-corrected chi connectivity index (χ1v) is 8.26. The van der Waals surface area contributed by atoms with Crippen molar-refractivity contribution in [2.75, 3.05) is 14.2 Å². The molecule has 1 unspecified atom stereocenters.